The number of anilines is 1. The molecule has 0 N–H and O–H groups in total. The van der Waals surface area contributed by atoms with Gasteiger partial charge in [-0.15, -0.1) is 0 Å². The summed E-state index contributed by atoms with van der Waals surface area (Å²) in [6.45, 7) is 4.29. The summed E-state index contributed by atoms with van der Waals surface area (Å²) in [5.41, 5.74) is 2.08. The SMILES string of the molecule is CN1CC2CCC(C1)N2C(=O)c1cccc(N2CCCC2)c1. The molecule has 3 saturated heterocycles. The number of nitrogens with zero attached hydrogens (tertiary/aromatic N) is 3. The van der Waals surface area contributed by atoms with Gasteiger partial charge in [-0.25, -0.2) is 0 Å². The first kappa shape index (κ1) is 14.1. The molecule has 2 unspecified atom stereocenters. The van der Waals surface area contributed by atoms with Crippen molar-refractivity contribution in [1.29, 1.82) is 0 Å². The molecule has 22 heavy (non-hydrogen) atoms. The van der Waals surface area contributed by atoms with Crippen LogP contribution in [0.3, 0.4) is 0 Å². The topological polar surface area (TPSA) is 26.8 Å². The number of likely N-dealkylation sites (N-methyl/N-ethyl adjacent to an activating group) is 1. The number of hydrogen-bond donors (Lipinski definition) is 0. The van der Waals surface area contributed by atoms with Crippen molar-refractivity contribution in [2.24, 2.45) is 0 Å². The smallest absolute Gasteiger partial charge is 0.254 e. The minimum atomic E-state index is 0.238. The van der Waals surface area contributed by atoms with Crippen molar-refractivity contribution in [3.63, 3.8) is 0 Å². The lowest BCUT2D eigenvalue weighted by atomic mass is 10.1. The molecule has 3 heterocycles. The van der Waals surface area contributed by atoms with Crippen LogP contribution in [0.2, 0.25) is 0 Å². The Morgan fingerprint density at radius 2 is 1.77 bits per heavy atom. The number of benzene rings is 1. The second kappa shape index (κ2) is 5.58. The van der Waals surface area contributed by atoms with Crippen molar-refractivity contribution in [1.82, 2.24) is 9.80 Å². The Balaban J connectivity index is 1.57. The monoisotopic (exact) mass is 299 g/mol. The van der Waals surface area contributed by atoms with Gasteiger partial charge < -0.3 is 14.7 Å². The molecule has 0 aromatic heterocycles. The Morgan fingerprint density at radius 3 is 2.45 bits per heavy atom. The number of hydrogen-bond acceptors (Lipinski definition) is 3. The summed E-state index contributed by atoms with van der Waals surface area (Å²) < 4.78 is 0. The van der Waals surface area contributed by atoms with E-state index in [0.29, 0.717) is 12.1 Å². The lowest BCUT2D eigenvalue weighted by Gasteiger charge is -2.39. The summed E-state index contributed by atoms with van der Waals surface area (Å²) in [5, 5.41) is 0. The van der Waals surface area contributed by atoms with E-state index in [1.54, 1.807) is 0 Å². The summed E-state index contributed by atoms with van der Waals surface area (Å²) >= 11 is 0. The average molecular weight is 299 g/mol. The molecule has 1 aromatic rings. The van der Waals surface area contributed by atoms with Gasteiger partial charge in [-0.1, -0.05) is 6.07 Å². The maximum Gasteiger partial charge on any atom is 0.254 e. The molecule has 0 saturated carbocycles. The fraction of sp³-hybridized carbons (Fsp3) is 0.611. The number of piperazine rings is 1. The molecule has 0 spiro atoms. The average Bonchev–Trinajstić information content (AvgIpc) is 3.14. The van der Waals surface area contributed by atoms with Crippen molar-refractivity contribution in [3.05, 3.63) is 29.8 Å². The van der Waals surface area contributed by atoms with Crippen molar-refractivity contribution >= 4 is 11.6 Å². The second-order valence-electron chi connectivity index (χ2n) is 7.06. The number of carbonyl (C=O) groups is 1. The van der Waals surface area contributed by atoms with Crippen molar-refractivity contribution in [2.75, 3.05) is 38.1 Å². The number of rotatable bonds is 2. The van der Waals surface area contributed by atoms with Gasteiger partial charge in [0.15, 0.2) is 0 Å². The zero-order chi connectivity index (χ0) is 15.1. The van der Waals surface area contributed by atoms with Crippen molar-refractivity contribution in [2.45, 2.75) is 37.8 Å². The zero-order valence-electron chi connectivity index (χ0n) is 13.4. The first-order valence-electron chi connectivity index (χ1n) is 8.58. The van der Waals surface area contributed by atoms with Crippen LogP contribution in [0, 0.1) is 0 Å². The Labute approximate surface area is 132 Å². The molecular formula is C18H25N3O. The largest absolute Gasteiger partial charge is 0.372 e. The van der Waals surface area contributed by atoms with Gasteiger partial charge in [0.1, 0.15) is 0 Å². The van der Waals surface area contributed by atoms with E-state index in [-0.39, 0.29) is 5.91 Å². The summed E-state index contributed by atoms with van der Waals surface area (Å²) in [5.74, 6) is 0.238. The maximum absolute atomic E-state index is 13.0. The Kier molecular flexibility index (Phi) is 3.57. The standard InChI is InChI=1S/C18H25N3O/c1-19-12-16-7-8-17(13-19)21(16)18(22)14-5-4-6-15(11-14)20-9-2-3-10-20/h4-6,11,16-17H,2-3,7-10,12-13H2,1H3. The number of carbonyl (C=O) groups excluding carboxylic acids is 1. The quantitative estimate of drug-likeness (QED) is 0.838. The van der Waals surface area contributed by atoms with Crippen LogP contribution in [0.15, 0.2) is 24.3 Å². The molecule has 0 aliphatic carbocycles. The molecule has 4 heteroatoms. The minimum absolute atomic E-state index is 0.238. The van der Waals surface area contributed by atoms with Crippen LogP contribution in [0.4, 0.5) is 5.69 Å². The zero-order valence-corrected chi connectivity index (χ0v) is 13.4. The summed E-state index contributed by atoms with van der Waals surface area (Å²) in [6.07, 6.45) is 4.85. The summed E-state index contributed by atoms with van der Waals surface area (Å²) in [6, 6.07) is 9.09. The van der Waals surface area contributed by atoms with Crippen LogP contribution < -0.4 is 4.90 Å². The lowest BCUT2D eigenvalue weighted by molar-refractivity contribution is 0.0473. The van der Waals surface area contributed by atoms with Crippen LogP contribution in [0.1, 0.15) is 36.0 Å². The van der Waals surface area contributed by atoms with Crippen LogP contribution in [0.5, 0.6) is 0 Å². The van der Waals surface area contributed by atoms with Gasteiger partial charge in [0, 0.05) is 49.5 Å². The van der Waals surface area contributed by atoms with E-state index in [0.717, 1.165) is 44.6 Å². The molecule has 4 nitrogen and oxygen atoms in total. The third-order valence-corrected chi connectivity index (χ3v) is 5.46. The molecular weight excluding hydrogens is 274 g/mol. The normalized spacial score (nSPS) is 28.4. The molecule has 4 rings (SSSR count). The van der Waals surface area contributed by atoms with Crippen LogP contribution >= 0.6 is 0 Å². The number of amides is 1. The Bertz CT molecular complexity index is 553. The van der Waals surface area contributed by atoms with Gasteiger partial charge in [-0.3, -0.25) is 4.79 Å². The van der Waals surface area contributed by atoms with E-state index >= 15 is 0 Å². The first-order valence-corrected chi connectivity index (χ1v) is 8.58. The molecule has 3 fully saturated rings. The van der Waals surface area contributed by atoms with Crippen LogP contribution in [0.25, 0.3) is 0 Å². The van der Waals surface area contributed by atoms with Crippen molar-refractivity contribution in [3.8, 4) is 0 Å². The molecule has 1 aromatic carbocycles. The Hall–Kier alpha value is -1.55. The fourth-order valence-electron chi connectivity index (χ4n) is 4.41. The van der Waals surface area contributed by atoms with Gasteiger partial charge in [-0.05, 0) is 50.9 Å². The van der Waals surface area contributed by atoms with E-state index in [1.807, 2.05) is 12.1 Å². The number of likely N-dealkylation sites (tertiary alicyclic amines) is 1. The van der Waals surface area contributed by atoms with Gasteiger partial charge in [0.05, 0.1) is 0 Å². The van der Waals surface area contributed by atoms with Crippen LogP contribution in [-0.2, 0) is 0 Å². The summed E-state index contributed by atoms with van der Waals surface area (Å²) in [7, 11) is 2.17. The van der Waals surface area contributed by atoms with Crippen LogP contribution in [-0.4, -0.2) is 61.0 Å². The molecule has 2 atom stereocenters. The van der Waals surface area contributed by atoms with E-state index in [2.05, 4.69) is 33.9 Å². The van der Waals surface area contributed by atoms with E-state index in [4.69, 9.17) is 0 Å². The van der Waals surface area contributed by atoms with Gasteiger partial charge in [0.25, 0.3) is 5.91 Å². The highest BCUT2D eigenvalue weighted by Gasteiger charge is 2.41. The molecule has 1 amide bonds. The van der Waals surface area contributed by atoms with E-state index in [9.17, 15) is 4.79 Å². The number of fused-ring (bicyclic) bond motifs is 2. The highest BCUT2D eigenvalue weighted by Crippen LogP contribution is 2.31. The second-order valence-corrected chi connectivity index (χ2v) is 7.06. The highest BCUT2D eigenvalue weighted by atomic mass is 16.2. The van der Waals surface area contributed by atoms with E-state index < -0.39 is 0 Å². The minimum Gasteiger partial charge on any atom is -0.372 e. The summed E-state index contributed by atoms with van der Waals surface area (Å²) in [4.78, 5) is 20.0. The predicted octanol–water partition coefficient (Wildman–Crippen LogP) is 2.21. The lowest BCUT2D eigenvalue weighted by Crippen LogP contribution is -2.54. The third kappa shape index (κ3) is 2.39. The molecule has 3 aliphatic heterocycles. The van der Waals surface area contributed by atoms with E-state index in [1.165, 1.54) is 18.5 Å². The maximum atomic E-state index is 13.0. The molecule has 2 bridgehead atoms. The molecule has 0 radical (unpaired) electrons. The van der Waals surface area contributed by atoms with Gasteiger partial charge in [0.2, 0.25) is 0 Å². The molecule has 118 valence electrons. The predicted molar refractivity (Wildman–Crippen MR) is 88.4 cm³/mol. The van der Waals surface area contributed by atoms with Crippen molar-refractivity contribution < 1.29 is 4.79 Å². The molecule has 3 aliphatic rings. The highest BCUT2D eigenvalue weighted by molar-refractivity contribution is 5.96. The Morgan fingerprint density at radius 1 is 1.09 bits per heavy atom. The fourth-order valence-corrected chi connectivity index (χ4v) is 4.41. The first-order chi connectivity index (χ1) is 10.7. The van der Waals surface area contributed by atoms with Gasteiger partial charge in [-0.2, -0.15) is 0 Å². The van der Waals surface area contributed by atoms with Gasteiger partial charge >= 0.3 is 0 Å². The third-order valence-electron chi connectivity index (χ3n) is 5.46.